The van der Waals surface area contributed by atoms with Crippen molar-refractivity contribution in [3.63, 3.8) is 0 Å². The first-order valence-corrected chi connectivity index (χ1v) is 6.84. The van der Waals surface area contributed by atoms with Gasteiger partial charge in [0.2, 0.25) is 10.0 Å². The SMILES string of the molecule is CC(O)c1ccccc1NS(=O)(=O)C1CC1. The van der Waals surface area contributed by atoms with Gasteiger partial charge in [-0.25, -0.2) is 8.42 Å². The molecule has 0 spiro atoms. The average Bonchev–Trinajstić information content (AvgIpc) is 3.00. The van der Waals surface area contributed by atoms with Crippen molar-refractivity contribution in [2.24, 2.45) is 0 Å². The van der Waals surface area contributed by atoms with E-state index in [-0.39, 0.29) is 5.25 Å². The number of hydrogen-bond donors (Lipinski definition) is 2. The number of aliphatic hydroxyl groups excluding tert-OH is 1. The van der Waals surface area contributed by atoms with Gasteiger partial charge in [-0.05, 0) is 25.8 Å². The maximum absolute atomic E-state index is 11.7. The summed E-state index contributed by atoms with van der Waals surface area (Å²) in [5.41, 5.74) is 1.08. The average molecular weight is 241 g/mol. The fraction of sp³-hybridized carbons (Fsp3) is 0.455. The van der Waals surface area contributed by atoms with Crippen molar-refractivity contribution in [1.29, 1.82) is 0 Å². The molecule has 4 nitrogen and oxygen atoms in total. The summed E-state index contributed by atoms with van der Waals surface area (Å²) in [4.78, 5) is 0. The van der Waals surface area contributed by atoms with Crippen molar-refractivity contribution in [3.05, 3.63) is 29.8 Å². The van der Waals surface area contributed by atoms with E-state index in [1.807, 2.05) is 0 Å². The van der Waals surface area contributed by atoms with Gasteiger partial charge >= 0.3 is 0 Å². The van der Waals surface area contributed by atoms with E-state index in [1.165, 1.54) is 0 Å². The normalized spacial score (nSPS) is 18.1. The first-order valence-electron chi connectivity index (χ1n) is 5.29. The van der Waals surface area contributed by atoms with Gasteiger partial charge in [0, 0.05) is 5.56 Å². The number of hydrogen-bond acceptors (Lipinski definition) is 3. The third kappa shape index (κ3) is 2.36. The maximum Gasteiger partial charge on any atom is 0.235 e. The summed E-state index contributed by atoms with van der Waals surface area (Å²) in [7, 11) is -3.26. The summed E-state index contributed by atoms with van der Waals surface area (Å²) in [6, 6.07) is 6.91. The van der Waals surface area contributed by atoms with Crippen LogP contribution in [0.5, 0.6) is 0 Å². The first kappa shape index (κ1) is 11.4. The van der Waals surface area contributed by atoms with Crippen LogP contribution in [0, 0.1) is 0 Å². The van der Waals surface area contributed by atoms with Crippen molar-refractivity contribution in [3.8, 4) is 0 Å². The minimum Gasteiger partial charge on any atom is -0.389 e. The largest absolute Gasteiger partial charge is 0.389 e. The number of nitrogens with one attached hydrogen (secondary N) is 1. The Kier molecular flexibility index (Phi) is 2.90. The Morgan fingerprint density at radius 3 is 2.56 bits per heavy atom. The van der Waals surface area contributed by atoms with Gasteiger partial charge in [-0.2, -0.15) is 0 Å². The lowest BCUT2D eigenvalue weighted by molar-refractivity contribution is 0.200. The highest BCUT2D eigenvalue weighted by Gasteiger charge is 2.36. The Morgan fingerprint density at radius 1 is 1.38 bits per heavy atom. The van der Waals surface area contributed by atoms with Crippen molar-refractivity contribution < 1.29 is 13.5 Å². The molecule has 0 amide bonds. The Hall–Kier alpha value is -1.07. The molecule has 5 heteroatoms. The van der Waals surface area contributed by atoms with Crippen LogP contribution < -0.4 is 4.72 Å². The molecule has 1 aliphatic carbocycles. The second-order valence-electron chi connectivity index (χ2n) is 4.11. The summed E-state index contributed by atoms with van der Waals surface area (Å²) in [6.45, 7) is 1.62. The molecule has 0 bridgehead atoms. The van der Waals surface area contributed by atoms with E-state index in [9.17, 15) is 13.5 Å². The van der Waals surface area contributed by atoms with Gasteiger partial charge in [-0.1, -0.05) is 18.2 Å². The van der Waals surface area contributed by atoms with E-state index in [2.05, 4.69) is 4.72 Å². The predicted octanol–water partition coefficient (Wildman–Crippen LogP) is 1.64. The summed E-state index contributed by atoms with van der Waals surface area (Å²) < 4.78 is 26.0. The van der Waals surface area contributed by atoms with E-state index < -0.39 is 16.1 Å². The van der Waals surface area contributed by atoms with E-state index >= 15 is 0 Å². The van der Waals surface area contributed by atoms with Gasteiger partial charge in [0.15, 0.2) is 0 Å². The van der Waals surface area contributed by atoms with Crippen LogP contribution in [0.3, 0.4) is 0 Å². The second kappa shape index (κ2) is 4.07. The highest BCUT2D eigenvalue weighted by atomic mass is 32.2. The predicted molar refractivity (Wildman–Crippen MR) is 62.6 cm³/mol. The number of aliphatic hydroxyl groups is 1. The van der Waals surface area contributed by atoms with Crippen molar-refractivity contribution in [1.82, 2.24) is 0 Å². The van der Waals surface area contributed by atoms with Gasteiger partial charge in [-0.3, -0.25) is 4.72 Å². The fourth-order valence-corrected chi connectivity index (χ4v) is 2.98. The van der Waals surface area contributed by atoms with Crippen LogP contribution in [0.25, 0.3) is 0 Å². The van der Waals surface area contributed by atoms with Crippen LogP contribution in [0.1, 0.15) is 31.4 Å². The number of rotatable bonds is 4. The monoisotopic (exact) mass is 241 g/mol. The molecular formula is C11H15NO3S. The van der Waals surface area contributed by atoms with Gasteiger partial charge < -0.3 is 5.11 Å². The molecule has 1 aromatic carbocycles. The minimum atomic E-state index is -3.26. The zero-order valence-corrected chi connectivity index (χ0v) is 9.87. The highest BCUT2D eigenvalue weighted by Crippen LogP contribution is 2.31. The van der Waals surface area contributed by atoms with Gasteiger partial charge in [0.25, 0.3) is 0 Å². The lowest BCUT2D eigenvalue weighted by Gasteiger charge is -2.13. The standard InChI is InChI=1S/C11H15NO3S/c1-8(13)10-4-2-3-5-11(10)12-16(14,15)9-6-7-9/h2-5,8-9,12-13H,6-7H2,1H3. The first-order chi connectivity index (χ1) is 7.50. The molecule has 0 heterocycles. The number of sulfonamides is 1. The molecule has 1 aromatic rings. The number of anilines is 1. The Balaban J connectivity index is 2.27. The summed E-state index contributed by atoms with van der Waals surface area (Å²) >= 11 is 0. The van der Waals surface area contributed by atoms with E-state index in [1.54, 1.807) is 31.2 Å². The Labute approximate surface area is 95.4 Å². The van der Waals surface area contributed by atoms with Crippen molar-refractivity contribution in [2.75, 3.05) is 4.72 Å². The molecule has 0 aromatic heterocycles. The lowest BCUT2D eigenvalue weighted by Crippen LogP contribution is -2.18. The van der Waals surface area contributed by atoms with Gasteiger partial charge in [-0.15, -0.1) is 0 Å². The molecule has 1 aliphatic rings. The molecular weight excluding hydrogens is 226 g/mol. The molecule has 1 fully saturated rings. The molecule has 88 valence electrons. The van der Waals surface area contributed by atoms with Crippen LogP contribution in [-0.2, 0) is 10.0 Å². The highest BCUT2D eigenvalue weighted by molar-refractivity contribution is 7.93. The molecule has 0 aliphatic heterocycles. The van der Waals surface area contributed by atoms with Crippen LogP contribution in [0.15, 0.2) is 24.3 Å². The van der Waals surface area contributed by atoms with Crippen LogP contribution in [0.2, 0.25) is 0 Å². The minimum absolute atomic E-state index is 0.255. The van der Waals surface area contributed by atoms with E-state index in [4.69, 9.17) is 0 Å². The zero-order chi connectivity index (χ0) is 11.8. The van der Waals surface area contributed by atoms with Crippen molar-refractivity contribution in [2.45, 2.75) is 31.1 Å². The smallest absolute Gasteiger partial charge is 0.235 e. The quantitative estimate of drug-likeness (QED) is 0.842. The number of para-hydroxylation sites is 1. The van der Waals surface area contributed by atoms with Crippen LogP contribution in [-0.4, -0.2) is 18.8 Å². The molecule has 2 rings (SSSR count). The third-order valence-electron chi connectivity index (χ3n) is 2.63. The second-order valence-corrected chi connectivity index (χ2v) is 6.07. The maximum atomic E-state index is 11.7. The van der Waals surface area contributed by atoms with Crippen molar-refractivity contribution >= 4 is 15.7 Å². The molecule has 2 N–H and O–H groups in total. The van der Waals surface area contributed by atoms with E-state index in [0.29, 0.717) is 11.3 Å². The van der Waals surface area contributed by atoms with Gasteiger partial charge in [0.1, 0.15) is 0 Å². The lowest BCUT2D eigenvalue weighted by atomic mass is 10.1. The van der Waals surface area contributed by atoms with Gasteiger partial charge in [0.05, 0.1) is 17.0 Å². The molecule has 16 heavy (non-hydrogen) atoms. The third-order valence-corrected chi connectivity index (χ3v) is 4.48. The Bertz CT molecular complexity index is 478. The Morgan fingerprint density at radius 2 is 2.00 bits per heavy atom. The molecule has 1 atom stereocenters. The molecule has 1 saturated carbocycles. The zero-order valence-electron chi connectivity index (χ0n) is 9.05. The molecule has 1 unspecified atom stereocenters. The summed E-state index contributed by atoms with van der Waals surface area (Å²) in [5, 5.41) is 9.27. The summed E-state index contributed by atoms with van der Waals surface area (Å²) in [6.07, 6.45) is 0.774. The molecule has 0 saturated heterocycles. The molecule has 0 radical (unpaired) electrons. The van der Waals surface area contributed by atoms with Crippen LogP contribution in [0.4, 0.5) is 5.69 Å². The topological polar surface area (TPSA) is 66.4 Å². The number of benzene rings is 1. The van der Waals surface area contributed by atoms with E-state index in [0.717, 1.165) is 12.8 Å². The fourth-order valence-electron chi connectivity index (χ4n) is 1.57. The summed E-state index contributed by atoms with van der Waals surface area (Å²) in [5.74, 6) is 0. The van der Waals surface area contributed by atoms with Crippen LogP contribution >= 0.6 is 0 Å².